The molecule has 0 radical (unpaired) electrons. The molecule has 5 heterocycles. The molecule has 0 spiro atoms. The Morgan fingerprint density at radius 1 is 1.00 bits per heavy atom. The number of pyridine rings is 1. The van der Waals surface area contributed by atoms with E-state index in [1.54, 1.807) is 43.0 Å². The van der Waals surface area contributed by atoms with Gasteiger partial charge in [0.1, 0.15) is 0 Å². The van der Waals surface area contributed by atoms with E-state index in [0.29, 0.717) is 64.0 Å². The Morgan fingerprint density at radius 2 is 1.81 bits per heavy atom. The molecule has 0 bridgehead atoms. The van der Waals surface area contributed by atoms with E-state index in [9.17, 15) is 9.59 Å². The summed E-state index contributed by atoms with van der Waals surface area (Å²) in [6, 6.07) is 5.37. The molecule has 2 aromatic heterocycles. The first-order chi connectivity index (χ1) is 15.7. The second kappa shape index (κ2) is 8.82. The third kappa shape index (κ3) is 3.81. The minimum absolute atomic E-state index is 0.00442. The van der Waals surface area contributed by atoms with Crippen LogP contribution in [-0.2, 0) is 9.53 Å². The smallest absolute Gasteiger partial charge is 0.255 e. The average molecular weight is 437 g/mol. The van der Waals surface area contributed by atoms with Gasteiger partial charge in [0.25, 0.3) is 5.91 Å². The Labute approximate surface area is 187 Å². The maximum Gasteiger partial charge on any atom is 0.255 e. The van der Waals surface area contributed by atoms with E-state index in [0.717, 1.165) is 12.8 Å². The molecule has 2 atom stereocenters. The van der Waals surface area contributed by atoms with Crippen LogP contribution < -0.4 is 4.90 Å². The first-order valence-electron chi connectivity index (χ1n) is 11.3. The summed E-state index contributed by atoms with van der Waals surface area (Å²) in [5, 5.41) is 0. The van der Waals surface area contributed by atoms with E-state index in [-0.39, 0.29) is 17.7 Å². The maximum atomic E-state index is 13.9. The molecule has 3 aliphatic heterocycles. The molecule has 5 rings (SSSR count). The molecule has 32 heavy (non-hydrogen) atoms. The standard InChI is InChI=1S/C23H28N6O3/c30-20(18-4-1-6-24-14-18)28-9-2-5-23(21(31)27-10-12-32-13-11-27)17-29(16-19(23)15-28)22-25-7-3-8-26-22/h1,3-4,6-8,14,19H,2,5,9-13,15-17H2/t19-,23-/m0/s1. The lowest BCUT2D eigenvalue weighted by Gasteiger charge is -2.38. The lowest BCUT2D eigenvalue weighted by atomic mass is 9.73. The van der Waals surface area contributed by atoms with Crippen molar-refractivity contribution in [2.45, 2.75) is 12.8 Å². The molecule has 0 unspecified atom stereocenters. The van der Waals surface area contributed by atoms with Crippen molar-refractivity contribution in [2.24, 2.45) is 11.3 Å². The van der Waals surface area contributed by atoms with Crippen molar-refractivity contribution in [1.82, 2.24) is 24.8 Å². The van der Waals surface area contributed by atoms with Gasteiger partial charge in [-0.05, 0) is 31.0 Å². The predicted molar refractivity (Wildman–Crippen MR) is 117 cm³/mol. The highest BCUT2D eigenvalue weighted by Crippen LogP contribution is 2.45. The summed E-state index contributed by atoms with van der Waals surface area (Å²) in [4.78, 5) is 46.0. The fourth-order valence-electron chi connectivity index (χ4n) is 5.33. The van der Waals surface area contributed by atoms with Gasteiger partial charge in [0.05, 0.1) is 24.2 Å². The number of aromatic nitrogens is 3. The Kier molecular flexibility index (Phi) is 5.73. The number of ether oxygens (including phenoxy) is 1. The summed E-state index contributed by atoms with van der Waals surface area (Å²) in [5.74, 6) is 0.798. The molecule has 0 aliphatic carbocycles. The number of hydrogen-bond acceptors (Lipinski definition) is 7. The zero-order valence-corrected chi connectivity index (χ0v) is 18.1. The number of carbonyl (C=O) groups excluding carboxylic acids is 2. The maximum absolute atomic E-state index is 13.9. The van der Waals surface area contributed by atoms with Gasteiger partial charge in [-0.3, -0.25) is 14.6 Å². The predicted octanol–water partition coefficient (Wildman–Crippen LogP) is 1.09. The first-order valence-corrected chi connectivity index (χ1v) is 11.3. The van der Waals surface area contributed by atoms with Crippen molar-refractivity contribution in [1.29, 1.82) is 0 Å². The lowest BCUT2D eigenvalue weighted by Crippen LogP contribution is -2.53. The molecule has 9 nitrogen and oxygen atoms in total. The fraction of sp³-hybridized carbons (Fsp3) is 0.522. The van der Waals surface area contributed by atoms with Gasteiger partial charge in [0, 0.05) is 70.0 Å². The van der Waals surface area contributed by atoms with Crippen LogP contribution >= 0.6 is 0 Å². The van der Waals surface area contributed by atoms with Crippen molar-refractivity contribution in [2.75, 3.05) is 57.4 Å². The van der Waals surface area contributed by atoms with Crippen LogP contribution in [0.4, 0.5) is 5.95 Å². The minimum Gasteiger partial charge on any atom is -0.378 e. The van der Waals surface area contributed by atoms with Crippen LogP contribution in [0.3, 0.4) is 0 Å². The number of amides is 2. The molecule has 168 valence electrons. The molecular formula is C23H28N6O3. The highest BCUT2D eigenvalue weighted by Gasteiger charge is 2.55. The molecule has 0 saturated carbocycles. The van der Waals surface area contributed by atoms with Gasteiger partial charge >= 0.3 is 0 Å². The van der Waals surface area contributed by atoms with Crippen LogP contribution in [0.25, 0.3) is 0 Å². The minimum atomic E-state index is -0.555. The number of fused-ring (bicyclic) bond motifs is 1. The third-order valence-electron chi connectivity index (χ3n) is 6.94. The van der Waals surface area contributed by atoms with Crippen LogP contribution in [0.2, 0.25) is 0 Å². The van der Waals surface area contributed by atoms with Gasteiger partial charge < -0.3 is 19.4 Å². The van der Waals surface area contributed by atoms with Crippen LogP contribution in [0.5, 0.6) is 0 Å². The van der Waals surface area contributed by atoms with Crippen LogP contribution in [0.1, 0.15) is 23.2 Å². The second-order valence-corrected chi connectivity index (χ2v) is 8.78. The summed E-state index contributed by atoms with van der Waals surface area (Å²) in [5.41, 5.74) is 0.0290. The highest BCUT2D eigenvalue weighted by molar-refractivity contribution is 5.94. The normalized spacial score (nSPS) is 25.9. The van der Waals surface area contributed by atoms with E-state index in [2.05, 4.69) is 19.9 Å². The summed E-state index contributed by atoms with van der Waals surface area (Å²) < 4.78 is 5.48. The third-order valence-corrected chi connectivity index (χ3v) is 6.94. The Hall–Kier alpha value is -3.07. The zero-order chi connectivity index (χ0) is 22.0. The Bertz CT molecular complexity index is 953. The fourth-order valence-corrected chi connectivity index (χ4v) is 5.33. The number of hydrogen-bond donors (Lipinski definition) is 0. The number of nitrogens with zero attached hydrogens (tertiary/aromatic N) is 6. The topological polar surface area (TPSA) is 91.8 Å². The van der Waals surface area contributed by atoms with E-state index < -0.39 is 5.41 Å². The van der Waals surface area contributed by atoms with Crippen molar-refractivity contribution < 1.29 is 14.3 Å². The van der Waals surface area contributed by atoms with E-state index in [4.69, 9.17) is 4.74 Å². The van der Waals surface area contributed by atoms with Crippen molar-refractivity contribution in [3.05, 3.63) is 48.5 Å². The van der Waals surface area contributed by atoms with E-state index >= 15 is 0 Å². The Morgan fingerprint density at radius 3 is 2.56 bits per heavy atom. The first kappa shape index (κ1) is 20.8. The van der Waals surface area contributed by atoms with Crippen LogP contribution in [0, 0.1) is 11.3 Å². The van der Waals surface area contributed by atoms with Crippen LogP contribution in [0.15, 0.2) is 43.0 Å². The van der Waals surface area contributed by atoms with Gasteiger partial charge in [0.15, 0.2) is 0 Å². The molecular weight excluding hydrogens is 408 g/mol. The number of carbonyl (C=O) groups is 2. The van der Waals surface area contributed by atoms with Gasteiger partial charge in [0.2, 0.25) is 11.9 Å². The molecule has 3 fully saturated rings. The van der Waals surface area contributed by atoms with E-state index in [1.807, 2.05) is 9.80 Å². The monoisotopic (exact) mass is 436 g/mol. The number of anilines is 1. The Balaban J connectivity index is 1.45. The summed E-state index contributed by atoms with van der Waals surface area (Å²) >= 11 is 0. The number of likely N-dealkylation sites (tertiary alicyclic amines) is 1. The second-order valence-electron chi connectivity index (χ2n) is 8.78. The highest BCUT2D eigenvalue weighted by atomic mass is 16.5. The van der Waals surface area contributed by atoms with Gasteiger partial charge in [-0.15, -0.1) is 0 Å². The van der Waals surface area contributed by atoms with E-state index in [1.165, 1.54) is 0 Å². The van der Waals surface area contributed by atoms with Gasteiger partial charge in [-0.25, -0.2) is 9.97 Å². The van der Waals surface area contributed by atoms with Gasteiger partial charge in [-0.2, -0.15) is 0 Å². The molecule has 0 aromatic carbocycles. The molecule has 3 saturated heterocycles. The van der Waals surface area contributed by atoms with Crippen molar-refractivity contribution in [3.8, 4) is 0 Å². The average Bonchev–Trinajstić information content (AvgIpc) is 3.13. The molecule has 2 aromatic rings. The largest absolute Gasteiger partial charge is 0.378 e. The van der Waals surface area contributed by atoms with Crippen LogP contribution in [-0.4, -0.2) is 89.0 Å². The van der Waals surface area contributed by atoms with Gasteiger partial charge in [-0.1, -0.05) is 0 Å². The summed E-state index contributed by atoms with van der Waals surface area (Å²) in [6.07, 6.45) is 8.25. The lowest BCUT2D eigenvalue weighted by molar-refractivity contribution is -0.148. The summed E-state index contributed by atoms with van der Waals surface area (Å²) in [6.45, 7) is 4.79. The number of morpholine rings is 1. The zero-order valence-electron chi connectivity index (χ0n) is 18.1. The molecule has 9 heteroatoms. The molecule has 2 amide bonds. The summed E-state index contributed by atoms with van der Waals surface area (Å²) in [7, 11) is 0. The quantitative estimate of drug-likeness (QED) is 0.711. The number of rotatable bonds is 3. The van der Waals surface area contributed by atoms with Crippen molar-refractivity contribution in [3.63, 3.8) is 0 Å². The van der Waals surface area contributed by atoms with Crippen molar-refractivity contribution >= 4 is 17.8 Å². The molecule has 3 aliphatic rings. The SMILES string of the molecule is O=C(c1cccnc1)N1CCC[C@]2(C(=O)N3CCOCC3)CN(c3ncccn3)C[C@@H]2C1. The molecule has 0 N–H and O–H groups in total.